The maximum absolute atomic E-state index is 5.38. The van der Waals surface area contributed by atoms with Crippen LogP contribution in [0.4, 0.5) is 0 Å². The van der Waals surface area contributed by atoms with E-state index in [1.54, 1.807) is 0 Å². The van der Waals surface area contributed by atoms with Crippen LogP contribution < -0.4 is 5.32 Å². The van der Waals surface area contributed by atoms with Crippen LogP contribution in [0.15, 0.2) is 0 Å². The Morgan fingerprint density at radius 1 is 1.17 bits per heavy atom. The molecule has 0 aliphatic carbocycles. The average molecular weight is 258 g/mol. The lowest BCUT2D eigenvalue weighted by Crippen LogP contribution is -2.40. The van der Waals surface area contributed by atoms with E-state index in [9.17, 15) is 0 Å². The van der Waals surface area contributed by atoms with Gasteiger partial charge in [-0.2, -0.15) is 0 Å². The maximum Gasteiger partial charge on any atom is 0.0595 e. The first-order chi connectivity index (χ1) is 8.86. The SMILES string of the molecule is CCOCCCCNCCN1CCC(OC)CC1. The predicted octanol–water partition coefficient (Wildman–Crippen LogP) is 1.50. The van der Waals surface area contributed by atoms with Crippen LogP contribution in [-0.2, 0) is 9.47 Å². The van der Waals surface area contributed by atoms with Crippen LogP contribution in [0.2, 0.25) is 0 Å². The summed E-state index contributed by atoms with van der Waals surface area (Å²) in [5.74, 6) is 0. The van der Waals surface area contributed by atoms with Crippen LogP contribution in [0.3, 0.4) is 0 Å². The Balaban J connectivity index is 1.84. The number of hydrogen-bond acceptors (Lipinski definition) is 4. The van der Waals surface area contributed by atoms with Crippen LogP contribution >= 0.6 is 0 Å². The number of nitrogens with one attached hydrogen (secondary N) is 1. The van der Waals surface area contributed by atoms with Gasteiger partial charge in [-0.15, -0.1) is 0 Å². The molecule has 4 heteroatoms. The van der Waals surface area contributed by atoms with E-state index in [4.69, 9.17) is 9.47 Å². The molecule has 0 unspecified atom stereocenters. The second-order valence-corrected chi connectivity index (χ2v) is 4.93. The minimum absolute atomic E-state index is 0.493. The Kier molecular flexibility index (Phi) is 9.48. The largest absolute Gasteiger partial charge is 0.382 e. The summed E-state index contributed by atoms with van der Waals surface area (Å²) in [6.07, 6.45) is 5.24. The van der Waals surface area contributed by atoms with Crippen molar-refractivity contribution >= 4 is 0 Å². The van der Waals surface area contributed by atoms with Crippen LogP contribution in [0.1, 0.15) is 32.6 Å². The van der Waals surface area contributed by atoms with Crippen LogP contribution in [-0.4, -0.2) is 64.1 Å². The molecule has 0 aromatic heterocycles. The zero-order valence-corrected chi connectivity index (χ0v) is 12.1. The Hall–Kier alpha value is -0.160. The normalized spacial score (nSPS) is 18.3. The predicted molar refractivity (Wildman–Crippen MR) is 75.1 cm³/mol. The van der Waals surface area contributed by atoms with Crippen LogP contribution in [0.5, 0.6) is 0 Å². The summed E-state index contributed by atoms with van der Waals surface area (Å²) in [6.45, 7) is 9.55. The highest BCUT2D eigenvalue weighted by Crippen LogP contribution is 2.11. The molecular formula is C14H30N2O2. The van der Waals surface area contributed by atoms with Gasteiger partial charge >= 0.3 is 0 Å². The van der Waals surface area contributed by atoms with E-state index >= 15 is 0 Å². The van der Waals surface area contributed by atoms with Crippen molar-refractivity contribution in [1.82, 2.24) is 10.2 Å². The number of likely N-dealkylation sites (tertiary alicyclic amines) is 1. The smallest absolute Gasteiger partial charge is 0.0595 e. The Bertz CT molecular complexity index is 183. The molecule has 1 aliphatic heterocycles. The molecule has 1 N–H and O–H groups in total. The number of ether oxygens (including phenoxy) is 2. The lowest BCUT2D eigenvalue weighted by molar-refractivity contribution is 0.0415. The first kappa shape index (κ1) is 15.9. The zero-order chi connectivity index (χ0) is 13.1. The van der Waals surface area contributed by atoms with Gasteiger partial charge in [-0.25, -0.2) is 0 Å². The van der Waals surface area contributed by atoms with Gasteiger partial charge < -0.3 is 19.7 Å². The van der Waals surface area contributed by atoms with Crippen molar-refractivity contribution in [3.63, 3.8) is 0 Å². The summed E-state index contributed by atoms with van der Waals surface area (Å²) in [6, 6.07) is 0. The lowest BCUT2D eigenvalue weighted by Gasteiger charge is -2.31. The van der Waals surface area contributed by atoms with Gasteiger partial charge in [-0.05, 0) is 39.2 Å². The van der Waals surface area contributed by atoms with E-state index in [-0.39, 0.29) is 0 Å². The van der Waals surface area contributed by atoms with Gasteiger partial charge in [0.2, 0.25) is 0 Å². The van der Waals surface area contributed by atoms with Crippen molar-refractivity contribution in [1.29, 1.82) is 0 Å². The monoisotopic (exact) mass is 258 g/mol. The van der Waals surface area contributed by atoms with E-state index in [2.05, 4.69) is 10.2 Å². The highest BCUT2D eigenvalue weighted by Gasteiger charge is 2.17. The molecule has 0 amide bonds. The second kappa shape index (κ2) is 10.7. The third-order valence-corrected chi connectivity index (χ3v) is 3.57. The highest BCUT2D eigenvalue weighted by atomic mass is 16.5. The fourth-order valence-electron chi connectivity index (χ4n) is 2.33. The molecule has 0 bridgehead atoms. The molecule has 0 radical (unpaired) electrons. The van der Waals surface area contributed by atoms with Crippen LogP contribution in [0, 0.1) is 0 Å². The number of unbranched alkanes of at least 4 members (excludes halogenated alkanes) is 1. The van der Waals surface area contributed by atoms with Gasteiger partial charge in [-0.1, -0.05) is 0 Å². The molecule has 1 heterocycles. The molecule has 0 saturated carbocycles. The third-order valence-electron chi connectivity index (χ3n) is 3.57. The molecule has 4 nitrogen and oxygen atoms in total. The summed E-state index contributed by atoms with van der Waals surface area (Å²) >= 11 is 0. The molecule has 1 rings (SSSR count). The summed E-state index contributed by atoms with van der Waals surface area (Å²) in [4.78, 5) is 2.53. The standard InChI is InChI=1S/C14H30N2O2/c1-3-18-13-5-4-8-15-9-12-16-10-6-14(17-2)7-11-16/h14-15H,3-13H2,1-2H3. The van der Waals surface area contributed by atoms with E-state index in [1.165, 1.54) is 45.3 Å². The van der Waals surface area contributed by atoms with Gasteiger partial charge in [0.15, 0.2) is 0 Å². The first-order valence-corrected chi connectivity index (χ1v) is 7.40. The second-order valence-electron chi connectivity index (χ2n) is 4.93. The molecule has 108 valence electrons. The van der Waals surface area contributed by atoms with Crippen molar-refractivity contribution in [3.8, 4) is 0 Å². The van der Waals surface area contributed by atoms with Crippen molar-refractivity contribution in [3.05, 3.63) is 0 Å². The van der Waals surface area contributed by atoms with Crippen molar-refractivity contribution in [2.75, 3.05) is 53.0 Å². The minimum atomic E-state index is 0.493. The van der Waals surface area contributed by atoms with E-state index < -0.39 is 0 Å². The summed E-state index contributed by atoms with van der Waals surface area (Å²) in [7, 11) is 1.82. The molecule has 18 heavy (non-hydrogen) atoms. The molecule has 1 saturated heterocycles. The van der Waals surface area contributed by atoms with E-state index in [0.717, 1.165) is 26.3 Å². The van der Waals surface area contributed by atoms with E-state index in [0.29, 0.717) is 6.10 Å². The minimum Gasteiger partial charge on any atom is -0.382 e. The van der Waals surface area contributed by atoms with Gasteiger partial charge in [-0.3, -0.25) is 0 Å². The summed E-state index contributed by atoms with van der Waals surface area (Å²) in [5.41, 5.74) is 0. The third kappa shape index (κ3) is 7.31. The summed E-state index contributed by atoms with van der Waals surface area (Å²) < 4.78 is 10.7. The molecule has 0 atom stereocenters. The molecule has 0 aromatic carbocycles. The quantitative estimate of drug-likeness (QED) is 0.602. The average Bonchev–Trinajstić information content (AvgIpc) is 2.42. The fourth-order valence-corrected chi connectivity index (χ4v) is 2.33. The number of rotatable bonds is 10. The molecular weight excluding hydrogens is 228 g/mol. The molecule has 0 spiro atoms. The van der Waals surface area contributed by atoms with Crippen LogP contribution in [0.25, 0.3) is 0 Å². The van der Waals surface area contributed by atoms with Gasteiger partial charge in [0.05, 0.1) is 6.10 Å². The van der Waals surface area contributed by atoms with Crippen molar-refractivity contribution in [2.45, 2.75) is 38.7 Å². The number of methoxy groups -OCH3 is 1. The fraction of sp³-hybridized carbons (Fsp3) is 1.00. The topological polar surface area (TPSA) is 33.7 Å². The number of piperidine rings is 1. The molecule has 0 aromatic rings. The molecule has 1 aliphatic rings. The Morgan fingerprint density at radius 2 is 1.94 bits per heavy atom. The lowest BCUT2D eigenvalue weighted by atomic mass is 10.1. The van der Waals surface area contributed by atoms with Gasteiger partial charge in [0, 0.05) is 46.5 Å². The first-order valence-electron chi connectivity index (χ1n) is 7.40. The summed E-state index contributed by atoms with van der Waals surface area (Å²) in [5, 5.41) is 3.51. The van der Waals surface area contributed by atoms with Gasteiger partial charge in [0.25, 0.3) is 0 Å². The highest BCUT2D eigenvalue weighted by molar-refractivity contribution is 4.72. The Labute approximate surface area is 112 Å². The Morgan fingerprint density at radius 3 is 2.61 bits per heavy atom. The van der Waals surface area contributed by atoms with Gasteiger partial charge in [0.1, 0.15) is 0 Å². The molecule has 1 fully saturated rings. The number of hydrogen-bond donors (Lipinski definition) is 1. The van der Waals surface area contributed by atoms with E-state index in [1.807, 2.05) is 14.0 Å². The maximum atomic E-state index is 5.38. The van der Waals surface area contributed by atoms with Crippen molar-refractivity contribution in [2.24, 2.45) is 0 Å². The van der Waals surface area contributed by atoms with Crippen molar-refractivity contribution < 1.29 is 9.47 Å². The zero-order valence-electron chi connectivity index (χ0n) is 12.1. The number of nitrogens with zero attached hydrogens (tertiary/aromatic N) is 1.